The van der Waals surface area contributed by atoms with Gasteiger partial charge in [0, 0.05) is 37.3 Å². The van der Waals surface area contributed by atoms with Gasteiger partial charge in [-0.1, -0.05) is 13.0 Å². The molecule has 100 valence electrons. The van der Waals surface area contributed by atoms with Crippen LogP contribution in [0.4, 0.5) is 0 Å². The van der Waals surface area contributed by atoms with E-state index in [1.807, 2.05) is 0 Å². The largest absolute Gasteiger partial charge is 0.311 e. The highest BCUT2D eigenvalue weighted by Gasteiger charge is 2.19. The molecule has 1 aromatic carbocycles. The van der Waals surface area contributed by atoms with Crippen LogP contribution in [0.1, 0.15) is 35.3 Å². The monoisotopic (exact) mass is 255 g/mol. The van der Waals surface area contributed by atoms with Crippen molar-refractivity contribution in [3.05, 3.63) is 46.5 Å². The van der Waals surface area contributed by atoms with Gasteiger partial charge >= 0.3 is 0 Å². The van der Waals surface area contributed by atoms with Crippen LogP contribution in [-0.2, 0) is 19.4 Å². The average molecular weight is 255 g/mol. The summed E-state index contributed by atoms with van der Waals surface area (Å²) in [5, 5.41) is 3.40. The molecule has 2 heterocycles. The standard InChI is InChI=1S/C16H21N3/c1-4-16-18-14-10-17-8-7-15(14)19(16)13-6-5-11(2)12(3)9-13/h5-6,9,17H,4,7-8,10H2,1-3H3. The van der Waals surface area contributed by atoms with Crippen LogP contribution in [0.15, 0.2) is 18.2 Å². The zero-order valence-electron chi connectivity index (χ0n) is 12.0. The van der Waals surface area contributed by atoms with Gasteiger partial charge < -0.3 is 9.88 Å². The number of fused-ring (bicyclic) bond motifs is 1. The number of hydrogen-bond acceptors (Lipinski definition) is 2. The Labute approximate surface area is 114 Å². The average Bonchev–Trinajstić information content (AvgIpc) is 2.80. The minimum absolute atomic E-state index is 0.903. The first-order chi connectivity index (χ1) is 9.20. The second-order valence-electron chi connectivity index (χ2n) is 5.31. The van der Waals surface area contributed by atoms with E-state index < -0.39 is 0 Å². The van der Waals surface area contributed by atoms with Gasteiger partial charge in [0.25, 0.3) is 0 Å². The van der Waals surface area contributed by atoms with E-state index in [9.17, 15) is 0 Å². The Hall–Kier alpha value is -1.61. The van der Waals surface area contributed by atoms with Gasteiger partial charge in [0.1, 0.15) is 5.82 Å². The molecule has 1 aromatic heterocycles. The smallest absolute Gasteiger partial charge is 0.113 e. The molecule has 0 aliphatic carbocycles. The van der Waals surface area contributed by atoms with Crippen LogP contribution in [0, 0.1) is 13.8 Å². The van der Waals surface area contributed by atoms with Crippen molar-refractivity contribution in [2.24, 2.45) is 0 Å². The molecular formula is C16H21N3. The summed E-state index contributed by atoms with van der Waals surface area (Å²) in [4.78, 5) is 4.80. The zero-order valence-corrected chi connectivity index (χ0v) is 12.0. The fraction of sp³-hybridized carbons (Fsp3) is 0.438. The molecule has 3 rings (SSSR count). The van der Waals surface area contributed by atoms with Gasteiger partial charge in [-0.15, -0.1) is 0 Å². The third-order valence-corrected chi connectivity index (χ3v) is 4.02. The van der Waals surface area contributed by atoms with Gasteiger partial charge in [0.05, 0.1) is 5.69 Å². The van der Waals surface area contributed by atoms with E-state index in [0.29, 0.717) is 0 Å². The summed E-state index contributed by atoms with van der Waals surface area (Å²) in [6.45, 7) is 8.47. The van der Waals surface area contributed by atoms with Gasteiger partial charge in [-0.05, 0) is 37.1 Å². The Bertz CT molecular complexity index is 611. The summed E-state index contributed by atoms with van der Waals surface area (Å²) in [5.74, 6) is 1.18. The van der Waals surface area contributed by atoms with E-state index in [2.05, 4.69) is 48.9 Å². The third-order valence-electron chi connectivity index (χ3n) is 4.02. The number of rotatable bonds is 2. The lowest BCUT2D eigenvalue weighted by molar-refractivity contribution is 0.620. The Morgan fingerprint density at radius 2 is 2.11 bits per heavy atom. The molecule has 0 saturated heterocycles. The number of nitrogens with zero attached hydrogens (tertiary/aromatic N) is 2. The molecule has 1 aliphatic rings. The number of aryl methyl sites for hydroxylation is 3. The molecule has 2 aromatic rings. The maximum absolute atomic E-state index is 4.80. The van der Waals surface area contributed by atoms with E-state index >= 15 is 0 Å². The van der Waals surface area contributed by atoms with Crippen molar-refractivity contribution in [3.63, 3.8) is 0 Å². The SMILES string of the molecule is CCc1nc2c(n1-c1ccc(C)c(C)c1)CCNC2. The van der Waals surface area contributed by atoms with Crippen molar-refractivity contribution in [3.8, 4) is 5.69 Å². The van der Waals surface area contributed by atoms with Crippen LogP contribution in [0.5, 0.6) is 0 Å². The van der Waals surface area contributed by atoms with E-state index in [1.165, 1.54) is 34.0 Å². The van der Waals surface area contributed by atoms with Crippen LogP contribution in [0.2, 0.25) is 0 Å². The van der Waals surface area contributed by atoms with Crippen molar-refractivity contribution in [1.82, 2.24) is 14.9 Å². The van der Waals surface area contributed by atoms with Crippen molar-refractivity contribution in [1.29, 1.82) is 0 Å². The predicted molar refractivity (Wildman–Crippen MR) is 77.8 cm³/mol. The molecule has 0 radical (unpaired) electrons. The fourth-order valence-corrected chi connectivity index (χ4v) is 2.77. The highest BCUT2D eigenvalue weighted by molar-refractivity contribution is 5.43. The molecule has 0 unspecified atom stereocenters. The fourth-order valence-electron chi connectivity index (χ4n) is 2.77. The Kier molecular flexibility index (Phi) is 3.15. The molecule has 0 bridgehead atoms. The minimum atomic E-state index is 0.903. The van der Waals surface area contributed by atoms with Crippen LogP contribution < -0.4 is 5.32 Å². The lowest BCUT2D eigenvalue weighted by Gasteiger charge is -2.17. The minimum Gasteiger partial charge on any atom is -0.311 e. The summed E-state index contributed by atoms with van der Waals surface area (Å²) < 4.78 is 2.36. The van der Waals surface area contributed by atoms with Crippen LogP contribution in [0.3, 0.4) is 0 Å². The highest BCUT2D eigenvalue weighted by atomic mass is 15.1. The van der Waals surface area contributed by atoms with Gasteiger partial charge in [-0.2, -0.15) is 0 Å². The third kappa shape index (κ3) is 2.08. The second kappa shape index (κ2) is 4.82. The normalized spacial score (nSPS) is 14.5. The molecule has 3 nitrogen and oxygen atoms in total. The molecule has 0 saturated carbocycles. The molecule has 1 N–H and O–H groups in total. The van der Waals surface area contributed by atoms with Crippen molar-refractivity contribution in [2.75, 3.05) is 6.54 Å². The molecule has 1 aliphatic heterocycles. The van der Waals surface area contributed by atoms with E-state index in [0.717, 1.165) is 25.9 Å². The lowest BCUT2D eigenvalue weighted by Crippen LogP contribution is -2.24. The number of hydrogen-bond donors (Lipinski definition) is 1. The zero-order chi connectivity index (χ0) is 13.4. The lowest BCUT2D eigenvalue weighted by atomic mass is 10.1. The van der Waals surface area contributed by atoms with Gasteiger partial charge in [-0.25, -0.2) is 4.98 Å². The first kappa shape index (κ1) is 12.4. The number of benzene rings is 1. The maximum Gasteiger partial charge on any atom is 0.113 e. The Balaban J connectivity index is 2.17. The van der Waals surface area contributed by atoms with E-state index in [4.69, 9.17) is 4.98 Å². The van der Waals surface area contributed by atoms with E-state index in [-0.39, 0.29) is 0 Å². The molecular weight excluding hydrogens is 234 g/mol. The molecule has 0 amide bonds. The molecule has 0 fully saturated rings. The number of aromatic nitrogens is 2. The van der Waals surface area contributed by atoms with Gasteiger partial charge in [0.2, 0.25) is 0 Å². The van der Waals surface area contributed by atoms with Crippen molar-refractivity contribution >= 4 is 0 Å². The van der Waals surface area contributed by atoms with Crippen LogP contribution in [0.25, 0.3) is 5.69 Å². The van der Waals surface area contributed by atoms with E-state index in [1.54, 1.807) is 0 Å². The quantitative estimate of drug-likeness (QED) is 0.894. The molecule has 3 heteroatoms. The maximum atomic E-state index is 4.80. The first-order valence-electron chi connectivity index (χ1n) is 7.08. The van der Waals surface area contributed by atoms with Crippen LogP contribution in [-0.4, -0.2) is 16.1 Å². The summed E-state index contributed by atoms with van der Waals surface area (Å²) >= 11 is 0. The number of imidazole rings is 1. The Morgan fingerprint density at radius 3 is 2.84 bits per heavy atom. The molecule has 0 atom stereocenters. The predicted octanol–water partition coefficient (Wildman–Crippen LogP) is 2.70. The topological polar surface area (TPSA) is 29.9 Å². The summed E-state index contributed by atoms with van der Waals surface area (Å²) in [5.41, 5.74) is 6.56. The van der Waals surface area contributed by atoms with Crippen LogP contribution >= 0.6 is 0 Å². The first-order valence-corrected chi connectivity index (χ1v) is 7.08. The molecule has 19 heavy (non-hydrogen) atoms. The summed E-state index contributed by atoms with van der Waals surface area (Å²) in [7, 11) is 0. The second-order valence-corrected chi connectivity index (χ2v) is 5.31. The van der Waals surface area contributed by atoms with Crippen molar-refractivity contribution < 1.29 is 0 Å². The highest BCUT2D eigenvalue weighted by Crippen LogP contribution is 2.23. The van der Waals surface area contributed by atoms with Gasteiger partial charge in [-0.3, -0.25) is 0 Å². The summed E-state index contributed by atoms with van der Waals surface area (Å²) in [6, 6.07) is 6.70. The number of nitrogens with one attached hydrogen (secondary N) is 1. The van der Waals surface area contributed by atoms with Crippen molar-refractivity contribution in [2.45, 2.75) is 40.2 Å². The molecule has 0 spiro atoms. The summed E-state index contributed by atoms with van der Waals surface area (Å²) in [6.07, 6.45) is 2.04. The Morgan fingerprint density at radius 1 is 1.26 bits per heavy atom. The van der Waals surface area contributed by atoms with Gasteiger partial charge in [0.15, 0.2) is 0 Å².